The predicted molar refractivity (Wildman–Crippen MR) is 42.1 cm³/mol. The minimum Gasteiger partial charge on any atom is -0.384 e. The Morgan fingerprint density at radius 2 is 1.70 bits per heavy atom. The number of hydrogen-bond donors (Lipinski definition) is 0. The van der Waals surface area contributed by atoms with Gasteiger partial charge >= 0.3 is 0 Å². The summed E-state index contributed by atoms with van der Waals surface area (Å²) < 4.78 is 10.00. The van der Waals surface area contributed by atoms with Crippen molar-refractivity contribution in [1.82, 2.24) is 0 Å². The summed E-state index contributed by atoms with van der Waals surface area (Å²) in [7, 11) is 3.36. The molecule has 0 saturated heterocycles. The van der Waals surface area contributed by atoms with Crippen LogP contribution >= 0.6 is 0 Å². The number of ether oxygens (including phenoxy) is 2. The van der Waals surface area contributed by atoms with Gasteiger partial charge in [-0.3, -0.25) is 0 Å². The highest BCUT2D eigenvalue weighted by atomic mass is 16.5. The van der Waals surface area contributed by atoms with Crippen LogP contribution in [0.25, 0.3) is 0 Å². The van der Waals surface area contributed by atoms with Crippen molar-refractivity contribution in [3.05, 3.63) is 12.7 Å². The third kappa shape index (κ3) is 2.99. The summed E-state index contributed by atoms with van der Waals surface area (Å²) in [4.78, 5) is 0. The average Bonchev–Trinajstić information content (AvgIpc) is 1.89. The van der Waals surface area contributed by atoms with Crippen molar-refractivity contribution in [1.29, 1.82) is 0 Å². The largest absolute Gasteiger partial charge is 0.384 e. The summed E-state index contributed by atoms with van der Waals surface area (Å²) in [6.45, 7) is 7.07. The molecule has 0 atom stereocenters. The van der Waals surface area contributed by atoms with E-state index in [1.807, 2.05) is 13.0 Å². The van der Waals surface area contributed by atoms with Crippen molar-refractivity contribution in [2.75, 3.05) is 27.4 Å². The highest BCUT2D eigenvalue weighted by Gasteiger charge is 2.19. The first kappa shape index (κ1) is 9.66. The van der Waals surface area contributed by atoms with Crippen molar-refractivity contribution in [2.24, 2.45) is 5.41 Å². The molecule has 0 aliphatic carbocycles. The molecule has 0 aliphatic heterocycles. The van der Waals surface area contributed by atoms with Gasteiger partial charge in [0.05, 0.1) is 13.2 Å². The van der Waals surface area contributed by atoms with Gasteiger partial charge in [-0.25, -0.2) is 0 Å². The van der Waals surface area contributed by atoms with Gasteiger partial charge < -0.3 is 9.47 Å². The molecule has 2 nitrogen and oxygen atoms in total. The number of methoxy groups -OCH3 is 2. The third-order valence-electron chi connectivity index (χ3n) is 1.44. The topological polar surface area (TPSA) is 18.5 Å². The number of hydrogen-bond acceptors (Lipinski definition) is 2. The summed E-state index contributed by atoms with van der Waals surface area (Å²) >= 11 is 0. The van der Waals surface area contributed by atoms with Gasteiger partial charge in [0.1, 0.15) is 0 Å². The summed E-state index contributed by atoms with van der Waals surface area (Å²) in [5.41, 5.74) is -0.0382. The van der Waals surface area contributed by atoms with Gasteiger partial charge in [-0.05, 0) is 0 Å². The molecular formula is C8H16O2. The molecule has 0 aliphatic rings. The zero-order valence-corrected chi connectivity index (χ0v) is 7.02. The standard InChI is InChI=1S/C8H16O2/c1-5-8(2,6-9-3)7-10-4/h5H,1,6-7H2,2-4H3. The van der Waals surface area contributed by atoms with E-state index < -0.39 is 0 Å². The highest BCUT2D eigenvalue weighted by molar-refractivity contribution is 4.91. The van der Waals surface area contributed by atoms with E-state index in [0.717, 1.165) is 0 Å². The molecule has 0 heterocycles. The molecule has 2 heteroatoms. The van der Waals surface area contributed by atoms with Crippen LogP contribution in [0.1, 0.15) is 6.92 Å². The minimum absolute atomic E-state index is 0.0382. The van der Waals surface area contributed by atoms with E-state index in [4.69, 9.17) is 9.47 Å². The highest BCUT2D eigenvalue weighted by Crippen LogP contribution is 2.17. The zero-order valence-electron chi connectivity index (χ0n) is 7.02. The minimum atomic E-state index is -0.0382. The molecule has 60 valence electrons. The normalized spacial score (nSPS) is 11.5. The van der Waals surface area contributed by atoms with Crippen LogP contribution in [0.3, 0.4) is 0 Å². The van der Waals surface area contributed by atoms with Crippen LogP contribution in [0.5, 0.6) is 0 Å². The lowest BCUT2D eigenvalue weighted by atomic mass is 9.93. The van der Waals surface area contributed by atoms with Crippen molar-refractivity contribution in [2.45, 2.75) is 6.92 Å². The smallest absolute Gasteiger partial charge is 0.0572 e. The molecule has 0 rings (SSSR count). The number of rotatable bonds is 5. The van der Waals surface area contributed by atoms with Crippen LogP contribution in [-0.4, -0.2) is 27.4 Å². The van der Waals surface area contributed by atoms with E-state index in [1.54, 1.807) is 14.2 Å². The van der Waals surface area contributed by atoms with E-state index in [2.05, 4.69) is 6.58 Å². The Kier molecular flexibility index (Phi) is 4.32. The van der Waals surface area contributed by atoms with E-state index in [-0.39, 0.29) is 5.41 Å². The first-order valence-electron chi connectivity index (χ1n) is 3.30. The van der Waals surface area contributed by atoms with E-state index in [0.29, 0.717) is 13.2 Å². The van der Waals surface area contributed by atoms with Gasteiger partial charge in [-0.15, -0.1) is 6.58 Å². The van der Waals surface area contributed by atoms with Crippen LogP contribution in [0.15, 0.2) is 12.7 Å². The Balaban J connectivity index is 3.81. The first-order valence-corrected chi connectivity index (χ1v) is 3.30. The molecule has 10 heavy (non-hydrogen) atoms. The Bertz CT molecular complexity index is 93.4. The summed E-state index contributed by atoms with van der Waals surface area (Å²) in [6.07, 6.45) is 1.86. The summed E-state index contributed by atoms with van der Waals surface area (Å²) in [5.74, 6) is 0. The van der Waals surface area contributed by atoms with E-state index >= 15 is 0 Å². The first-order chi connectivity index (χ1) is 4.68. The maximum Gasteiger partial charge on any atom is 0.0572 e. The van der Waals surface area contributed by atoms with Crippen LogP contribution in [0.2, 0.25) is 0 Å². The quantitative estimate of drug-likeness (QED) is 0.544. The Hall–Kier alpha value is -0.340. The summed E-state index contributed by atoms with van der Waals surface area (Å²) in [5, 5.41) is 0. The van der Waals surface area contributed by atoms with Gasteiger partial charge in [-0.2, -0.15) is 0 Å². The van der Waals surface area contributed by atoms with Crippen molar-refractivity contribution < 1.29 is 9.47 Å². The molecule has 0 N–H and O–H groups in total. The van der Waals surface area contributed by atoms with Crippen molar-refractivity contribution >= 4 is 0 Å². The fourth-order valence-corrected chi connectivity index (χ4v) is 0.819. The monoisotopic (exact) mass is 144 g/mol. The molecular weight excluding hydrogens is 128 g/mol. The molecule has 0 aromatic heterocycles. The van der Waals surface area contributed by atoms with Crippen molar-refractivity contribution in [3.63, 3.8) is 0 Å². The lowest BCUT2D eigenvalue weighted by Crippen LogP contribution is -2.25. The fourth-order valence-electron chi connectivity index (χ4n) is 0.819. The van der Waals surface area contributed by atoms with Crippen LogP contribution in [0.4, 0.5) is 0 Å². The average molecular weight is 144 g/mol. The predicted octanol–water partition coefficient (Wildman–Crippen LogP) is 1.47. The lowest BCUT2D eigenvalue weighted by Gasteiger charge is -2.22. The molecule has 0 aromatic rings. The van der Waals surface area contributed by atoms with Gasteiger partial charge in [0.25, 0.3) is 0 Å². The molecule has 0 fully saturated rings. The fraction of sp³-hybridized carbons (Fsp3) is 0.750. The second-order valence-corrected chi connectivity index (χ2v) is 2.72. The van der Waals surface area contributed by atoms with E-state index in [9.17, 15) is 0 Å². The van der Waals surface area contributed by atoms with Crippen LogP contribution < -0.4 is 0 Å². The van der Waals surface area contributed by atoms with Crippen LogP contribution in [-0.2, 0) is 9.47 Å². The second-order valence-electron chi connectivity index (χ2n) is 2.72. The molecule has 0 saturated carbocycles. The van der Waals surface area contributed by atoms with Gasteiger partial charge in [-0.1, -0.05) is 13.0 Å². The SMILES string of the molecule is C=CC(C)(COC)COC. The Morgan fingerprint density at radius 3 is 1.90 bits per heavy atom. The molecule has 0 unspecified atom stereocenters. The maximum atomic E-state index is 5.00. The third-order valence-corrected chi connectivity index (χ3v) is 1.44. The Morgan fingerprint density at radius 1 is 1.30 bits per heavy atom. The van der Waals surface area contributed by atoms with Gasteiger partial charge in [0.15, 0.2) is 0 Å². The zero-order chi connectivity index (χ0) is 8.04. The molecule has 0 radical (unpaired) electrons. The van der Waals surface area contributed by atoms with Crippen LogP contribution in [0, 0.1) is 5.41 Å². The molecule has 0 amide bonds. The molecule has 0 spiro atoms. The van der Waals surface area contributed by atoms with E-state index in [1.165, 1.54) is 0 Å². The second kappa shape index (κ2) is 4.47. The molecule has 0 aromatic carbocycles. The lowest BCUT2D eigenvalue weighted by molar-refractivity contribution is 0.0519. The Labute approximate surface area is 62.8 Å². The molecule has 0 bridgehead atoms. The summed E-state index contributed by atoms with van der Waals surface area (Å²) in [6, 6.07) is 0. The van der Waals surface area contributed by atoms with Gasteiger partial charge in [0, 0.05) is 19.6 Å². The van der Waals surface area contributed by atoms with Crippen molar-refractivity contribution in [3.8, 4) is 0 Å². The maximum absolute atomic E-state index is 5.00. The van der Waals surface area contributed by atoms with Gasteiger partial charge in [0.2, 0.25) is 0 Å².